The van der Waals surface area contributed by atoms with E-state index in [0.717, 1.165) is 34.8 Å². The Kier molecular flexibility index (Phi) is 6.77. The van der Waals surface area contributed by atoms with Crippen LogP contribution in [0.25, 0.3) is 39.8 Å². The molecule has 0 saturated heterocycles. The third-order valence-corrected chi connectivity index (χ3v) is 6.90. The van der Waals surface area contributed by atoms with E-state index >= 15 is 0 Å². The summed E-state index contributed by atoms with van der Waals surface area (Å²) in [4.78, 5) is 14.3. The topological polar surface area (TPSA) is 43.1 Å². The fraction of sp³-hybridized carbons (Fsp3) is 0.219. The van der Waals surface area contributed by atoms with Gasteiger partial charge in [-0.05, 0) is 59.9 Å². The number of aromatic nitrogens is 3. The predicted octanol–water partition coefficient (Wildman–Crippen LogP) is 7.66. The molecule has 180 valence electrons. The zero-order chi connectivity index (χ0) is 25.1. The van der Waals surface area contributed by atoms with Gasteiger partial charge >= 0.3 is 0 Å². The van der Waals surface area contributed by atoms with Crippen LogP contribution in [0, 0.1) is 0 Å². The van der Waals surface area contributed by atoms with E-state index in [1.54, 1.807) is 0 Å². The largest absolute Gasteiger partial charge is 0.330 e. The van der Waals surface area contributed by atoms with E-state index in [9.17, 15) is 0 Å². The number of benzene rings is 2. The molecule has 3 heterocycles. The number of rotatable bonds is 4. The number of aliphatic imine (C=N–C) groups is 1. The summed E-state index contributed by atoms with van der Waals surface area (Å²) in [6.07, 6.45) is 13.2. The molecule has 1 aliphatic heterocycles. The molecule has 2 aromatic heterocycles. The van der Waals surface area contributed by atoms with E-state index in [4.69, 9.17) is 4.98 Å². The zero-order valence-electron chi connectivity index (χ0n) is 21.4. The highest BCUT2D eigenvalue weighted by atomic mass is 15.1. The molecule has 1 aliphatic rings. The van der Waals surface area contributed by atoms with Crippen molar-refractivity contribution in [3.05, 3.63) is 102 Å². The summed E-state index contributed by atoms with van der Waals surface area (Å²) in [6, 6.07) is 19.6. The highest BCUT2D eigenvalue weighted by molar-refractivity contribution is 5.76. The Balaban J connectivity index is 1.58. The van der Waals surface area contributed by atoms with E-state index in [2.05, 4.69) is 109 Å². The first kappa shape index (κ1) is 23.7. The van der Waals surface area contributed by atoms with Gasteiger partial charge in [0.15, 0.2) is 0 Å². The smallest absolute Gasteiger partial charge is 0.140 e. The lowest BCUT2D eigenvalue weighted by Crippen LogP contribution is -2.04. The van der Waals surface area contributed by atoms with Crippen LogP contribution in [-0.4, -0.2) is 20.7 Å². The summed E-state index contributed by atoms with van der Waals surface area (Å²) < 4.78 is 2.23. The fourth-order valence-corrected chi connectivity index (χ4v) is 5.02. The zero-order valence-corrected chi connectivity index (χ0v) is 21.4. The van der Waals surface area contributed by atoms with E-state index in [1.165, 1.54) is 27.9 Å². The quantitative estimate of drug-likeness (QED) is 0.306. The van der Waals surface area contributed by atoms with Crippen molar-refractivity contribution in [1.82, 2.24) is 14.5 Å². The molecular formula is C32H32N4. The summed E-state index contributed by atoms with van der Waals surface area (Å²) >= 11 is 0. The highest BCUT2D eigenvalue weighted by Gasteiger charge is 2.23. The number of allylic oxidation sites excluding steroid dienone is 3. The molecule has 4 aromatic rings. The number of hydrogen-bond acceptors (Lipinski definition) is 3. The molecule has 5 rings (SSSR count). The van der Waals surface area contributed by atoms with Gasteiger partial charge < -0.3 is 4.57 Å². The van der Waals surface area contributed by atoms with Gasteiger partial charge in [0.25, 0.3) is 0 Å². The third-order valence-electron chi connectivity index (χ3n) is 6.90. The lowest BCUT2D eigenvalue weighted by Gasteiger charge is -2.14. The van der Waals surface area contributed by atoms with Crippen LogP contribution in [0.5, 0.6) is 0 Å². The summed E-state index contributed by atoms with van der Waals surface area (Å²) in [5.74, 6) is 1.14. The van der Waals surface area contributed by atoms with Gasteiger partial charge in [-0.3, -0.25) is 9.98 Å². The molecule has 0 spiro atoms. The van der Waals surface area contributed by atoms with Crippen LogP contribution in [0.2, 0.25) is 0 Å². The summed E-state index contributed by atoms with van der Waals surface area (Å²) in [5, 5.41) is 0. The van der Waals surface area contributed by atoms with E-state index in [-0.39, 0.29) is 5.92 Å². The summed E-state index contributed by atoms with van der Waals surface area (Å²) in [5.41, 5.74) is 10.4. The van der Waals surface area contributed by atoms with E-state index < -0.39 is 0 Å². The molecule has 2 aromatic carbocycles. The molecule has 0 radical (unpaired) electrons. The van der Waals surface area contributed by atoms with Gasteiger partial charge in [0, 0.05) is 36.5 Å². The average molecular weight is 473 g/mol. The molecule has 0 amide bonds. The van der Waals surface area contributed by atoms with Crippen LogP contribution in [0.3, 0.4) is 0 Å². The molecule has 0 saturated carbocycles. The van der Waals surface area contributed by atoms with Crippen molar-refractivity contribution in [1.29, 1.82) is 0 Å². The van der Waals surface area contributed by atoms with Gasteiger partial charge in [-0.25, -0.2) is 4.98 Å². The standard InChI is InChI=1S/C32H32N4/c1-5-9-26-20-27(17-12-23(26)6-2)24-13-15-25(16-14-24)32-35-30-28-11-8-19-34-29(28)21-33-18-7-10-22(3)31(30)36(32)4/h5,7-20,22H,6,21H2,1-4H3/b9-5-,10-7-,33-18?. The predicted molar refractivity (Wildman–Crippen MR) is 151 cm³/mol. The molecule has 0 bridgehead atoms. The number of aryl methyl sites for hydroxylation is 1. The van der Waals surface area contributed by atoms with Crippen molar-refractivity contribution < 1.29 is 0 Å². The minimum Gasteiger partial charge on any atom is -0.330 e. The van der Waals surface area contributed by atoms with Crippen LogP contribution in [0.4, 0.5) is 0 Å². The molecular weight excluding hydrogens is 440 g/mol. The molecule has 0 aliphatic carbocycles. The normalized spacial score (nSPS) is 16.1. The third kappa shape index (κ3) is 4.47. The molecule has 1 unspecified atom stereocenters. The van der Waals surface area contributed by atoms with Gasteiger partial charge in [-0.1, -0.05) is 68.5 Å². The van der Waals surface area contributed by atoms with E-state index in [0.29, 0.717) is 6.54 Å². The monoisotopic (exact) mass is 472 g/mol. The maximum Gasteiger partial charge on any atom is 0.140 e. The molecule has 4 heteroatoms. The molecule has 0 fully saturated rings. The lowest BCUT2D eigenvalue weighted by molar-refractivity contribution is 0.792. The van der Waals surface area contributed by atoms with Gasteiger partial charge in [0.2, 0.25) is 0 Å². The Labute approximate surface area is 213 Å². The molecule has 4 nitrogen and oxygen atoms in total. The Bertz CT molecular complexity index is 1470. The van der Waals surface area contributed by atoms with E-state index in [1.807, 2.05) is 24.6 Å². The van der Waals surface area contributed by atoms with Gasteiger partial charge in [0.1, 0.15) is 5.82 Å². The number of imidazole rings is 1. The number of nitrogens with zero attached hydrogens (tertiary/aromatic N) is 4. The van der Waals surface area contributed by atoms with Crippen molar-refractivity contribution >= 4 is 12.3 Å². The lowest BCUT2D eigenvalue weighted by atomic mass is 9.97. The first-order valence-corrected chi connectivity index (χ1v) is 12.6. The van der Waals surface area contributed by atoms with Crippen LogP contribution in [0.1, 0.15) is 49.2 Å². The Morgan fingerprint density at radius 2 is 1.81 bits per heavy atom. The first-order chi connectivity index (χ1) is 17.6. The second-order valence-electron chi connectivity index (χ2n) is 9.23. The summed E-state index contributed by atoms with van der Waals surface area (Å²) in [7, 11) is 2.11. The molecule has 1 atom stereocenters. The number of pyridine rings is 1. The average Bonchev–Trinajstić information content (AvgIpc) is 3.25. The van der Waals surface area contributed by atoms with Crippen molar-refractivity contribution in [3.8, 4) is 33.8 Å². The number of hydrogen-bond donors (Lipinski definition) is 0. The van der Waals surface area contributed by atoms with Crippen LogP contribution < -0.4 is 0 Å². The minimum absolute atomic E-state index is 0.185. The second kappa shape index (κ2) is 10.3. The van der Waals surface area contributed by atoms with Gasteiger partial charge in [0.05, 0.1) is 23.6 Å². The SMILES string of the molecule is C/C=C\c1cc(-c2ccc(-c3nc4c(n3C)C(C)/C=C\C=NCc3ncccc3-4)cc2)ccc1CC. The first-order valence-electron chi connectivity index (χ1n) is 12.6. The molecule has 36 heavy (non-hydrogen) atoms. The Morgan fingerprint density at radius 1 is 1.03 bits per heavy atom. The minimum atomic E-state index is 0.185. The second-order valence-corrected chi connectivity index (χ2v) is 9.23. The van der Waals surface area contributed by atoms with Crippen molar-refractivity contribution in [3.63, 3.8) is 0 Å². The Morgan fingerprint density at radius 3 is 2.58 bits per heavy atom. The van der Waals surface area contributed by atoms with Crippen molar-refractivity contribution in [2.24, 2.45) is 12.0 Å². The van der Waals surface area contributed by atoms with Crippen molar-refractivity contribution in [2.45, 2.75) is 39.7 Å². The molecule has 0 N–H and O–H groups in total. The summed E-state index contributed by atoms with van der Waals surface area (Å²) in [6.45, 7) is 7.02. The fourth-order valence-electron chi connectivity index (χ4n) is 5.02. The van der Waals surface area contributed by atoms with Gasteiger partial charge in [-0.15, -0.1) is 0 Å². The van der Waals surface area contributed by atoms with Crippen LogP contribution >= 0.6 is 0 Å². The maximum atomic E-state index is 5.18. The maximum absolute atomic E-state index is 5.18. The number of fused-ring (bicyclic) bond motifs is 3. The van der Waals surface area contributed by atoms with Crippen LogP contribution in [-0.2, 0) is 20.0 Å². The van der Waals surface area contributed by atoms with Gasteiger partial charge in [-0.2, -0.15) is 0 Å². The van der Waals surface area contributed by atoms with Crippen molar-refractivity contribution in [2.75, 3.05) is 0 Å². The Hall–Kier alpha value is -4.05. The van der Waals surface area contributed by atoms with Crippen LogP contribution in [0.15, 0.2) is 84.0 Å². The highest BCUT2D eigenvalue weighted by Crippen LogP contribution is 2.36.